The molecule has 1 unspecified atom stereocenters. The highest BCUT2D eigenvalue weighted by Gasteiger charge is 2.46. The maximum atomic E-state index is 12.1. The summed E-state index contributed by atoms with van der Waals surface area (Å²) >= 11 is 0. The van der Waals surface area contributed by atoms with Crippen LogP contribution in [-0.2, 0) is 9.53 Å². The Morgan fingerprint density at radius 1 is 1.33 bits per heavy atom. The van der Waals surface area contributed by atoms with Crippen molar-refractivity contribution in [2.24, 2.45) is 11.1 Å². The molecule has 2 amide bonds. The molecule has 0 aliphatic carbocycles. The average Bonchev–Trinajstić information content (AvgIpc) is 2.35. The Kier molecular flexibility index (Phi) is 4.19. The normalized spacial score (nSPS) is 26.1. The number of likely N-dealkylation sites (tertiary alicyclic amines) is 2. The summed E-state index contributed by atoms with van der Waals surface area (Å²) < 4.78 is 5.41. The first-order valence-corrected chi connectivity index (χ1v) is 7.60. The van der Waals surface area contributed by atoms with Crippen molar-refractivity contribution in [1.29, 1.82) is 0 Å². The fraction of sp³-hybridized carbons (Fsp3) is 0.867. The van der Waals surface area contributed by atoms with E-state index in [4.69, 9.17) is 10.5 Å². The molecular weight excluding hydrogens is 270 g/mol. The van der Waals surface area contributed by atoms with Crippen LogP contribution >= 0.6 is 0 Å². The number of nitrogens with zero attached hydrogens (tertiary/aromatic N) is 2. The van der Waals surface area contributed by atoms with Crippen molar-refractivity contribution in [2.75, 3.05) is 26.7 Å². The van der Waals surface area contributed by atoms with Crippen molar-refractivity contribution in [2.45, 2.75) is 51.7 Å². The molecule has 2 fully saturated rings. The summed E-state index contributed by atoms with van der Waals surface area (Å²) in [4.78, 5) is 27.3. The Balaban J connectivity index is 1.96. The lowest BCUT2D eigenvalue weighted by molar-refractivity contribution is -0.138. The van der Waals surface area contributed by atoms with Gasteiger partial charge in [0.2, 0.25) is 5.91 Å². The standard InChI is InChI=1S/C15H27N3O3/c1-14(2,3)21-13(20)18-7-5-15(6-8-18)10-17(4)12(19)9-11(15)16/h11H,5-10,16H2,1-4H3. The van der Waals surface area contributed by atoms with Crippen LogP contribution < -0.4 is 5.73 Å². The molecule has 2 N–H and O–H groups in total. The molecule has 2 aliphatic rings. The molecule has 0 aromatic heterocycles. The van der Waals surface area contributed by atoms with Gasteiger partial charge >= 0.3 is 6.09 Å². The van der Waals surface area contributed by atoms with E-state index in [9.17, 15) is 9.59 Å². The largest absolute Gasteiger partial charge is 0.444 e. The first-order valence-electron chi connectivity index (χ1n) is 7.60. The van der Waals surface area contributed by atoms with E-state index in [1.807, 2.05) is 27.8 Å². The molecule has 2 heterocycles. The monoisotopic (exact) mass is 297 g/mol. The van der Waals surface area contributed by atoms with Crippen LogP contribution in [0.25, 0.3) is 0 Å². The van der Waals surface area contributed by atoms with Gasteiger partial charge in [-0.3, -0.25) is 4.79 Å². The fourth-order valence-corrected chi connectivity index (χ4v) is 3.23. The van der Waals surface area contributed by atoms with E-state index in [0.717, 1.165) is 12.8 Å². The van der Waals surface area contributed by atoms with Gasteiger partial charge in [-0.25, -0.2) is 4.79 Å². The van der Waals surface area contributed by atoms with Crippen LogP contribution in [0, 0.1) is 5.41 Å². The lowest BCUT2D eigenvalue weighted by Crippen LogP contribution is -2.60. The first kappa shape index (κ1) is 16.1. The van der Waals surface area contributed by atoms with Crippen LogP contribution in [0.5, 0.6) is 0 Å². The van der Waals surface area contributed by atoms with Crippen molar-refractivity contribution < 1.29 is 14.3 Å². The second-order valence-corrected chi connectivity index (χ2v) is 7.39. The molecule has 120 valence electrons. The molecular formula is C15H27N3O3. The molecule has 0 aromatic carbocycles. The van der Waals surface area contributed by atoms with E-state index in [1.54, 1.807) is 9.80 Å². The SMILES string of the molecule is CN1CC2(CCN(C(=O)OC(C)(C)C)CC2)C(N)CC1=O. The minimum Gasteiger partial charge on any atom is -0.444 e. The third-order valence-electron chi connectivity index (χ3n) is 4.57. The molecule has 0 saturated carbocycles. The van der Waals surface area contributed by atoms with Gasteiger partial charge in [0.15, 0.2) is 0 Å². The summed E-state index contributed by atoms with van der Waals surface area (Å²) in [5.41, 5.74) is 5.71. The lowest BCUT2D eigenvalue weighted by atomic mass is 9.69. The van der Waals surface area contributed by atoms with Gasteiger partial charge in [0.1, 0.15) is 5.60 Å². The van der Waals surface area contributed by atoms with Crippen LogP contribution in [0.3, 0.4) is 0 Å². The van der Waals surface area contributed by atoms with Gasteiger partial charge in [-0.1, -0.05) is 0 Å². The van der Waals surface area contributed by atoms with Gasteiger partial charge in [-0.2, -0.15) is 0 Å². The number of rotatable bonds is 0. The zero-order valence-electron chi connectivity index (χ0n) is 13.5. The third-order valence-corrected chi connectivity index (χ3v) is 4.57. The Labute approximate surface area is 126 Å². The number of ether oxygens (including phenoxy) is 1. The summed E-state index contributed by atoms with van der Waals surface area (Å²) in [6, 6.07) is -0.109. The Morgan fingerprint density at radius 3 is 2.43 bits per heavy atom. The number of amides is 2. The molecule has 0 bridgehead atoms. The second kappa shape index (κ2) is 5.48. The molecule has 6 nitrogen and oxygen atoms in total. The van der Waals surface area contributed by atoms with Crippen molar-refractivity contribution in [3.8, 4) is 0 Å². The number of carbonyl (C=O) groups excluding carboxylic acids is 2. The smallest absolute Gasteiger partial charge is 0.410 e. The van der Waals surface area contributed by atoms with Crippen LogP contribution in [-0.4, -0.2) is 60.1 Å². The zero-order chi connectivity index (χ0) is 15.8. The summed E-state index contributed by atoms with van der Waals surface area (Å²) in [5.74, 6) is 0.114. The van der Waals surface area contributed by atoms with E-state index < -0.39 is 5.60 Å². The Bertz CT molecular complexity index is 422. The van der Waals surface area contributed by atoms with Crippen molar-refractivity contribution in [1.82, 2.24) is 9.80 Å². The summed E-state index contributed by atoms with van der Waals surface area (Å²) in [6.07, 6.45) is 1.80. The molecule has 1 spiro atoms. The minimum atomic E-state index is -0.472. The van der Waals surface area contributed by atoms with E-state index in [0.29, 0.717) is 26.1 Å². The summed E-state index contributed by atoms with van der Waals surface area (Å²) in [6.45, 7) is 7.58. The van der Waals surface area contributed by atoms with Crippen molar-refractivity contribution in [3.63, 3.8) is 0 Å². The molecule has 6 heteroatoms. The van der Waals surface area contributed by atoms with Gasteiger partial charge < -0.3 is 20.3 Å². The van der Waals surface area contributed by atoms with Crippen molar-refractivity contribution >= 4 is 12.0 Å². The molecule has 1 atom stereocenters. The van der Waals surface area contributed by atoms with E-state index in [2.05, 4.69) is 0 Å². The predicted molar refractivity (Wildman–Crippen MR) is 79.7 cm³/mol. The van der Waals surface area contributed by atoms with Gasteiger partial charge in [-0.05, 0) is 33.6 Å². The average molecular weight is 297 g/mol. The van der Waals surface area contributed by atoms with Crippen LogP contribution in [0.1, 0.15) is 40.0 Å². The van der Waals surface area contributed by atoms with E-state index in [-0.39, 0.29) is 23.5 Å². The maximum Gasteiger partial charge on any atom is 0.410 e. The zero-order valence-corrected chi connectivity index (χ0v) is 13.5. The van der Waals surface area contributed by atoms with Gasteiger partial charge in [0.05, 0.1) is 0 Å². The van der Waals surface area contributed by atoms with Crippen LogP contribution in [0.2, 0.25) is 0 Å². The molecule has 2 saturated heterocycles. The van der Waals surface area contributed by atoms with E-state index in [1.165, 1.54) is 0 Å². The quantitative estimate of drug-likeness (QED) is 0.729. The number of nitrogens with two attached hydrogens (primary N) is 1. The molecule has 0 radical (unpaired) electrons. The maximum absolute atomic E-state index is 12.1. The topological polar surface area (TPSA) is 75.9 Å². The number of hydrogen-bond donors (Lipinski definition) is 1. The predicted octanol–water partition coefficient (Wildman–Crippen LogP) is 1.19. The second-order valence-electron chi connectivity index (χ2n) is 7.39. The Morgan fingerprint density at radius 2 is 1.90 bits per heavy atom. The summed E-state index contributed by atoms with van der Waals surface area (Å²) in [7, 11) is 1.83. The van der Waals surface area contributed by atoms with Crippen molar-refractivity contribution in [3.05, 3.63) is 0 Å². The lowest BCUT2D eigenvalue weighted by Gasteiger charge is -2.49. The first-order chi connectivity index (χ1) is 9.63. The molecule has 21 heavy (non-hydrogen) atoms. The number of hydrogen-bond acceptors (Lipinski definition) is 4. The summed E-state index contributed by atoms with van der Waals surface area (Å²) in [5, 5.41) is 0. The Hall–Kier alpha value is -1.30. The van der Waals surface area contributed by atoms with E-state index >= 15 is 0 Å². The highest BCUT2D eigenvalue weighted by molar-refractivity contribution is 5.77. The minimum absolute atomic E-state index is 0.0544. The van der Waals surface area contributed by atoms with Crippen LogP contribution in [0.15, 0.2) is 0 Å². The third kappa shape index (κ3) is 3.48. The molecule has 2 rings (SSSR count). The highest BCUT2D eigenvalue weighted by Crippen LogP contribution is 2.39. The fourth-order valence-electron chi connectivity index (χ4n) is 3.23. The number of piperidine rings is 2. The van der Waals surface area contributed by atoms with Gasteiger partial charge in [-0.15, -0.1) is 0 Å². The molecule has 0 aromatic rings. The van der Waals surface area contributed by atoms with Gasteiger partial charge in [0.25, 0.3) is 0 Å². The molecule has 2 aliphatic heterocycles. The number of carbonyl (C=O) groups is 2. The highest BCUT2D eigenvalue weighted by atomic mass is 16.6. The van der Waals surface area contributed by atoms with Gasteiger partial charge in [0, 0.05) is 44.6 Å². The van der Waals surface area contributed by atoms with Crippen LogP contribution in [0.4, 0.5) is 4.79 Å².